The molecule has 1 heterocycles. The minimum absolute atomic E-state index is 0.173. The molecule has 0 aliphatic heterocycles. The van der Waals surface area contributed by atoms with E-state index in [2.05, 4.69) is 15.6 Å². The summed E-state index contributed by atoms with van der Waals surface area (Å²) in [7, 11) is 0. The second-order valence-electron chi connectivity index (χ2n) is 5.02. The number of nitrogens with zero attached hydrogens (tertiary/aromatic N) is 3. The maximum Gasteiger partial charge on any atom is 0.244 e. The number of hydrogen-bond acceptors (Lipinski definition) is 4. The van der Waals surface area contributed by atoms with E-state index in [0.29, 0.717) is 12.1 Å². The van der Waals surface area contributed by atoms with Gasteiger partial charge in [-0.05, 0) is 37.6 Å². The zero-order valence-electron chi connectivity index (χ0n) is 11.7. The summed E-state index contributed by atoms with van der Waals surface area (Å²) < 4.78 is 1.65. The van der Waals surface area contributed by atoms with Crippen LogP contribution < -0.4 is 11.1 Å². The molecule has 2 aromatic rings. The molecule has 106 valence electrons. The maximum absolute atomic E-state index is 12.1. The fraction of sp³-hybridized carbons (Fsp3) is 0.357. The Labute approximate surface area is 118 Å². The molecular formula is C14H19N5O. The number of carbonyl (C=O) groups is 1. The van der Waals surface area contributed by atoms with Gasteiger partial charge in [0.25, 0.3) is 0 Å². The van der Waals surface area contributed by atoms with E-state index < -0.39 is 5.54 Å². The molecule has 0 aliphatic rings. The predicted molar refractivity (Wildman–Crippen MR) is 77.5 cm³/mol. The fourth-order valence-corrected chi connectivity index (χ4v) is 1.95. The van der Waals surface area contributed by atoms with Crippen molar-refractivity contribution in [3.05, 3.63) is 36.7 Å². The van der Waals surface area contributed by atoms with Crippen LogP contribution in [0.3, 0.4) is 0 Å². The van der Waals surface area contributed by atoms with Crippen molar-refractivity contribution in [3.8, 4) is 5.69 Å². The number of rotatable bonds is 5. The van der Waals surface area contributed by atoms with E-state index in [4.69, 9.17) is 5.73 Å². The van der Waals surface area contributed by atoms with Gasteiger partial charge >= 0.3 is 0 Å². The van der Waals surface area contributed by atoms with Gasteiger partial charge in [-0.3, -0.25) is 4.79 Å². The molecule has 0 aliphatic carbocycles. The van der Waals surface area contributed by atoms with Crippen LogP contribution in [0.4, 0.5) is 5.69 Å². The molecule has 20 heavy (non-hydrogen) atoms. The lowest BCUT2D eigenvalue weighted by Crippen LogP contribution is -2.48. The molecule has 1 unspecified atom stereocenters. The van der Waals surface area contributed by atoms with E-state index >= 15 is 0 Å². The van der Waals surface area contributed by atoms with Crippen LogP contribution in [0.25, 0.3) is 5.69 Å². The second kappa shape index (κ2) is 5.83. The lowest BCUT2D eigenvalue weighted by molar-refractivity contribution is -0.120. The van der Waals surface area contributed by atoms with Gasteiger partial charge < -0.3 is 11.1 Å². The number of nitrogens with one attached hydrogen (secondary N) is 1. The molecule has 0 radical (unpaired) electrons. The van der Waals surface area contributed by atoms with Crippen molar-refractivity contribution in [3.63, 3.8) is 0 Å². The summed E-state index contributed by atoms with van der Waals surface area (Å²) in [6.07, 6.45) is 4.88. The van der Waals surface area contributed by atoms with Gasteiger partial charge in [0, 0.05) is 5.69 Å². The van der Waals surface area contributed by atoms with Crippen molar-refractivity contribution in [1.82, 2.24) is 15.0 Å². The summed E-state index contributed by atoms with van der Waals surface area (Å²) in [4.78, 5) is 12.1. The van der Waals surface area contributed by atoms with E-state index in [1.54, 1.807) is 24.0 Å². The van der Waals surface area contributed by atoms with Crippen LogP contribution in [-0.2, 0) is 4.79 Å². The average molecular weight is 273 g/mol. The third-order valence-corrected chi connectivity index (χ3v) is 3.10. The van der Waals surface area contributed by atoms with Crippen LogP contribution in [0.15, 0.2) is 36.7 Å². The van der Waals surface area contributed by atoms with Crippen molar-refractivity contribution in [2.24, 2.45) is 5.73 Å². The van der Waals surface area contributed by atoms with Crippen LogP contribution in [-0.4, -0.2) is 26.4 Å². The van der Waals surface area contributed by atoms with Gasteiger partial charge in [0.2, 0.25) is 5.91 Å². The van der Waals surface area contributed by atoms with E-state index in [-0.39, 0.29) is 5.91 Å². The van der Waals surface area contributed by atoms with Crippen molar-refractivity contribution in [2.75, 3.05) is 5.32 Å². The number of amides is 1. The standard InChI is InChI=1S/C14H19N5O/c1-3-8-14(2,15)13(20)17-11-4-6-12(7-5-11)19-10-9-16-18-19/h4-7,9-10H,3,8,15H2,1-2H3,(H,17,20). The first-order valence-electron chi connectivity index (χ1n) is 6.60. The van der Waals surface area contributed by atoms with Gasteiger partial charge in [0.1, 0.15) is 0 Å². The molecule has 1 aromatic carbocycles. The molecule has 0 spiro atoms. The molecule has 0 saturated carbocycles. The molecule has 6 nitrogen and oxygen atoms in total. The summed E-state index contributed by atoms with van der Waals surface area (Å²) in [5, 5.41) is 10.5. The van der Waals surface area contributed by atoms with E-state index in [1.807, 2.05) is 31.2 Å². The van der Waals surface area contributed by atoms with Crippen molar-refractivity contribution < 1.29 is 4.79 Å². The van der Waals surface area contributed by atoms with Crippen LogP contribution in [0.2, 0.25) is 0 Å². The Hall–Kier alpha value is -2.21. The number of nitrogens with two attached hydrogens (primary N) is 1. The van der Waals surface area contributed by atoms with Crippen LogP contribution >= 0.6 is 0 Å². The SMILES string of the molecule is CCCC(C)(N)C(=O)Nc1ccc(-n2ccnn2)cc1. The van der Waals surface area contributed by atoms with Crippen molar-refractivity contribution >= 4 is 11.6 Å². The number of benzene rings is 1. The molecule has 0 saturated heterocycles. The highest BCUT2D eigenvalue weighted by atomic mass is 16.2. The highest BCUT2D eigenvalue weighted by Crippen LogP contribution is 2.15. The predicted octanol–water partition coefficient (Wildman–Crippen LogP) is 1.72. The summed E-state index contributed by atoms with van der Waals surface area (Å²) in [5.41, 5.74) is 6.74. The Morgan fingerprint density at radius 1 is 1.40 bits per heavy atom. The van der Waals surface area contributed by atoms with E-state index in [9.17, 15) is 4.79 Å². The molecule has 2 rings (SSSR count). The van der Waals surface area contributed by atoms with Gasteiger partial charge in [0.15, 0.2) is 0 Å². The zero-order valence-corrected chi connectivity index (χ0v) is 11.7. The Kier molecular flexibility index (Phi) is 4.14. The molecule has 1 atom stereocenters. The Bertz CT molecular complexity index is 560. The summed E-state index contributed by atoms with van der Waals surface area (Å²) in [6.45, 7) is 3.75. The molecular weight excluding hydrogens is 254 g/mol. The fourth-order valence-electron chi connectivity index (χ4n) is 1.95. The summed E-state index contributed by atoms with van der Waals surface area (Å²) in [6, 6.07) is 7.35. The quantitative estimate of drug-likeness (QED) is 0.868. The van der Waals surface area contributed by atoms with Gasteiger partial charge in [-0.15, -0.1) is 5.10 Å². The normalized spacial score (nSPS) is 13.8. The number of carbonyl (C=O) groups excluding carboxylic acids is 1. The Morgan fingerprint density at radius 3 is 2.65 bits per heavy atom. The monoisotopic (exact) mass is 273 g/mol. The van der Waals surface area contributed by atoms with Gasteiger partial charge in [-0.1, -0.05) is 18.6 Å². The van der Waals surface area contributed by atoms with Gasteiger partial charge in [-0.2, -0.15) is 0 Å². The minimum atomic E-state index is -0.848. The smallest absolute Gasteiger partial charge is 0.244 e. The minimum Gasteiger partial charge on any atom is -0.325 e. The number of anilines is 1. The maximum atomic E-state index is 12.1. The van der Waals surface area contributed by atoms with Gasteiger partial charge in [0.05, 0.1) is 23.6 Å². The lowest BCUT2D eigenvalue weighted by Gasteiger charge is -2.22. The van der Waals surface area contributed by atoms with Crippen molar-refractivity contribution in [2.45, 2.75) is 32.2 Å². The van der Waals surface area contributed by atoms with Crippen LogP contribution in [0, 0.1) is 0 Å². The topological polar surface area (TPSA) is 85.8 Å². The van der Waals surface area contributed by atoms with Gasteiger partial charge in [-0.25, -0.2) is 4.68 Å². The first-order chi connectivity index (χ1) is 9.53. The Morgan fingerprint density at radius 2 is 2.10 bits per heavy atom. The third-order valence-electron chi connectivity index (χ3n) is 3.10. The molecule has 6 heteroatoms. The van der Waals surface area contributed by atoms with E-state index in [1.165, 1.54) is 0 Å². The summed E-state index contributed by atoms with van der Waals surface area (Å²) in [5.74, 6) is -0.173. The molecule has 0 bridgehead atoms. The highest BCUT2D eigenvalue weighted by Gasteiger charge is 2.27. The average Bonchev–Trinajstić information content (AvgIpc) is 2.93. The zero-order chi connectivity index (χ0) is 14.6. The number of aromatic nitrogens is 3. The molecule has 0 fully saturated rings. The van der Waals surface area contributed by atoms with Crippen LogP contribution in [0.1, 0.15) is 26.7 Å². The Balaban J connectivity index is 2.06. The number of hydrogen-bond donors (Lipinski definition) is 2. The largest absolute Gasteiger partial charge is 0.325 e. The summed E-state index contributed by atoms with van der Waals surface area (Å²) >= 11 is 0. The van der Waals surface area contributed by atoms with Crippen LogP contribution in [0.5, 0.6) is 0 Å². The second-order valence-corrected chi connectivity index (χ2v) is 5.02. The third kappa shape index (κ3) is 3.21. The van der Waals surface area contributed by atoms with Crippen molar-refractivity contribution in [1.29, 1.82) is 0 Å². The molecule has 3 N–H and O–H groups in total. The first kappa shape index (κ1) is 14.2. The van der Waals surface area contributed by atoms with E-state index in [0.717, 1.165) is 12.1 Å². The molecule has 1 amide bonds. The molecule has 1 aromatic heterocycles. The highest BCUT2D eigenvalue weighted by molar-refractivity contribution is 5.97. The lowest BCUT2D eigenvalue weighted by atomic mass is 9.96. The first-order valence-corrected chi connectivity index (χ1v) is 6.60.